The van der Waals surface area contributed by atoms with Crippen LogP contribution in [0, 0.1) is 5.41 Å². The highest BCUT2D eigenvalue weighted by Crippen LogP contribution is 2.21. The molecule has 0 aliphatic carbocycles. The van der Waals surface area contributed by atoms with Crippen LogP contribution in [0.3, 0.4) is 0 Å². The SMILES string of the molecule is CCCCN(C)CC(C)(CC)CNC(C)C. The second kappa shape index (κ2) is 8.08. The molecule has 0 fully saturated rings. The fourth-order valence-corrected chi connectivity index (χ4v) is 1.90. The normalized spacial score (nSPS) is 15.8. The maximum absolute atomic E-state index is 3.57. The highest BCUT2D eigenvalue weighted by molar-refractivity contribution is 4.79. The average molecular weight is 228 g/mol. The van der Waals surface area contributed by atoms with E-state index in [4.69, 9.17) is 0 Å². The lowest BCUT2D eigenvalue weighted by molar-refractivity contribution is 0.175. The molecule has 0 aromatic carbocycles. The second-order valence-electron chi connectivity index (χ2n) is 5.79. The summed E-state index contributed by atoms with van der Waals surface area (Å²) >= 11 is 0. The summed E-state index contributed by atoms with van der Waals surface area (Å²) in [5, 5.41) is 3.57. The van der Waals surface area contributed by atoms with Crippen molar-refractivity contribution in [1.82, 2.24) is 10.2 Å². The largest absolute Gasteiger partial charge is 0.314 e. The van der Waals surface area contributed by atoms with Gasteiger partial charge in [0.2, 0.25) is 0 Å². The van der Waals surface area contributed by atoms with E-state index in [2.05, 4.69) is 51.9 Å². The highest BCUT2D eigenvalue weighted by Gasteiger charge is 2.23. The monoisotopic (exact) mass is 228 g/mol. The van der Waals surface area contributed by atoms with Crippen molar-refractivity contribution >= 4 is 0 Å². The zero-order chi connectivity index (χ0) is 12.6. The van der Waals surface area contributed by atoms with E-state index in [1.165, 1.54) is 32.4 Å². The van der Waals surface area contributed by atoms with Crippen LogP contribution in [0.4, 0.5) is 0 Å². The molecule has 16 heavy (non-hydrogen) atoms. The van der Waals surface area contributed by atoms with Gasteiger partial charge in [0.05, 0.1) is 0 Å². The minimum atomic E-state index is 0.409. The van der Waals surface area contributed by atoms with Gasteiger partial charge in [-0.25, -0.2) is 0 Å². The van der Waals surface area contributed by atoms with Crippen LogP contribution in [-0.2, 0) is 0 Å². The Morgan fingerprint density at radius 1 is 1.25 bits per heavy atom. The van der Waals surface area contributed by atoms with Crippen LogP contribution in [0.15, 0.2) is 0 Å². The smallest absolute Gasteiger partial charge is 0.00443 e. The fourth-order valence-electron chi connectivity index (χ4n) is 1.90. The summed E-state index contributed by atoms with van der Waals surface area (Å²) in [5.41, 5.74) is 0.409. The molecule has 1 atom stereocenters. The van der Waals surface area contributed by atoms with Crippen LogP contribution in [-0.4, -0.2) is 37.6 Å². The first-order valence-corrected chi connectivity index (χ1v) is 6.85. The first kappa shape index (κ1) is 15.9. The van der Waals surface area contributed by atoms with E-state index in [1.54, 1.807) is 0 Å². The second-order valence-corrected chi connectivity index (χ2v) is 5.79. The topological polar surface area (TPSA) is 15.3 Å². The zero-order valence-corrected chi connectivity index (χ0v) is 12.3. The molecule has 0 aromatic heterocycles. The summed E-state index contributed by atoms with van der Waals surface area (Å²) in [6.45, 7) is 14.9. The molecule has 0 aromatic rings. The molecule has 0 radical (unpaired) electrons. The Balaban J connectivity index is 4.03. The van der Waals surface area contributed by atoms with Gasteiger partial charge in [0, 0.05) is 19.1 Å². The van der Waals surface area contributed by atoms with Gasteiger partial charge in [-0.1, -0.05) is 41.0 Å². The zero-order valence-electron chi connectivity index (χ0n) is 12.3. The van der Waals surface area contributed by atoms with Crippen molar-refractivity contribution in [3.63, 3.8) is 0 Å². The van der Waals surface area contributed by atoms with Gasteiger partial charge in [0.1, 0.15) is 0 Å². The van der Waals surface area contributed by atoms with Crippen molar-refractivity contribution < 1.29 is 0 Å². The lowest BCUT2D eigenvalue weighted by Crippen LogP contribution is -2.42. The number of hydrogen-bond donors (Lipinski definition) is 1. The molecule has 2 nitrogen and oxygen atoms in total. The lowest BCUT2D eigenvalue weighted by Gasteiger charge is -2.34. The average Bonchev–Trinajstić information content (AvgIpc) is 2.23. The summed E-state index contributed by atoms with van der Waals surface area (Å²) in [7, 11) is 2.25. The summed E-state index contributed by atoms with van der Waals surface area (Å²) in [5.74, 6) is 0. The standard InChI is InChI=1S/C14H32N2/c1-7-9-10-16(6)12-14(5,8-2)11-15-13(3)4/h13,15H,7-12H2,1-6H3. The molecule has 0 amide bonds. The summed E-state index contributed by atoms with van der Waals surface area (Å²) in [6, 6.07) is 0.590. The van der Waals surface area contributed by atoms with E-state index in [0.717, 1.165) is 6.54 Å². The molecule has 2 heteroatoms. The molecule has 0 bridgehead atoms. The predicted molar refractivity (Wildman–Crippen MR) is 73.9 cm³/mol. The minimum absolute atomic E-state index is 0.409. The van der Waals surface area contributed by atoms with Crippen LogP contribution in [0.1, 0.15) is 53.9 Å². The Morgan fingerprint density at radius 2 is 1.88 bits per heavy atom. The molecule has 0 aliphatic heterocycles. The first-order chi connectivity index (χ1) is 7.43. The van der Waals surface area contributed by atoms with E-state index < -0.39 is 0 Å². The maximum atomic E-state index is 3.57. The van der Waals surface area contributed by atoms with Crippen LogP contribution in [0.2, 0.25) is 0 Å². The van der Waals surface area contributed by atoms with Crippen LogP contribution in [0.25, 0.3) is 0 Å². The third kappa shape index (κ3) is 7.24. The molecule has 1 N–H and O–H groups in total. The molecule has 0 aliphatic rings. The third-order valence-electron chi connectivity index (χ3n) is 3.34. The van der Waals surface area contributed by atoms with Gasteiger partial charge in [0.15, 0.2) is 0 Å². The highest BCUT2D eigenvalue weighted by atomic mass is 15.1. The van der Waals surface area contributed by atoms with Crippen molar-refractivity contribution in [1.29, 1.82) is 0 Å². The van der Waals surface area contributed by atoms with E-state index in [-0.39, 0.29) is 0 Å². The van der Waals surface area contributed by atoms with Gasteiger partial charge in [0.25, 0.3) is 0 Å². The number of nitrogens with zero attached hydrogens (tertiary/aromatic N) is 1. The van der Waals surface area contributed by atoms with Crippen LogP contribution < -0.4 is 5.32 Å². The van der Waals surface area contributed by atoms with Gasteiger partial charge < -0.3 is 10.2 Å². The third-order valence-corrected chi connectivity index (χ3v) is 3.34. The molecule has 0 rings (SSSR count). The molecule has 0 spiro atoms. The van der Waals surface area contributed by atoms with Gasteiger partial charge in [-0.2, -0.15) is 0 Å². The van der Waals surface area contributed by atoms with Crippen LogP contribution in [0.5, 0.6) is 0 Å². The van der Waals surface area contributed by atoms with Crippen molar-refractivity contribution in [2.75, 3.05) is 26.7 Å². The van der Waals surface area contributed by atoms with Gasteiger partial charge in [-0.3, -0.25) is 0 Å². The maximum Gasteiger partial charge on any atom is 0.00443 e. The van der Waals surface area contributed by atoms with E-state index >= 15 is 0 Å². The molecule has 1 unspecified atom stereocenters. The van der Waals surface area contributed by atoms with E-state index in [0.29, 0.717) is 11.5 Å². The lowest BCUT2D eigenvalue weighted by atomic mass is 9.86. The Labute approximate surface area is 103 Å². The Hall–Kier alpha value is -0.0800. The Kier molecular flexibility index (Phi) is 8.04. The van der Waals surface area contributed by atoms with Gasteiger partial charge >= 0.3 is 0 Å². The minimum Gasteiger partial charge on any atom is -0.314 e. The molecular weight excluding hydrogens is 196 g/mol. The number of nitrogens with one attached hydrogen (secondary N) is 1. The Bertz CT molecular complexity index is 168. The van der Waals surface area contributed by atoms with Crippen molar-refractivity contribution in [3.8, 4) is 0 Å². The summed E-state index contributed by atoms with van der Waals surface area (Å²) in [6.07, 6.45) is 3.84. The Morgan fingerprint density at radius 3 is 2.31 bits per heavy atom. The quantitative estimate of drug-likeness (QED) is 0.652. The number of unbranched alkanes of at least 4 members (excludes halogenated alkanes) is 1. The first-order valence-electron chi connectivity index (χ1n) is 6.85. The molecule has 0 saturated heterocycles. The molecule has 0 saturated carbocycles. The van der Waals surface area contributed by atoms with Crippen molar-refractivity contribution in [2.24, 2.45) is 5.41 Å². The van der Waals surface area contributed by atoms with Gasteiger partial charge in [-0.05, 0) is 31.8 Å². The molecular formula is C14H32N2. The van der Waals surface area contributed by atoms with Crippen molar-refractivity contribution in [2.45, 2.75) is 59.9 Å². The predicted octanol–water partition coefficient (Wildman–Crippen LogP) is 3.13. The van der Waals surface area contributed by atoms with Crippen molar-refractivity contribution in [3.05, 3.63) is 0 Å². The van der Waals surface area contributed by atoms with Crippen LogP contribution >= 0.6 is 0 Å². The molecule has 98 valence electrons. The number of rotatable bonds is 9. The number of hydrogen-bond acceptors (Lipinski definition) is 2. The summed E-state index contributed by atoms with van der Waals surface area (Å²) < 4.78 is 0. The van der Waals surface area contributed by atoms with E-state index in [1.807, 2.05) is 0 Å². The van der Waals surface area contributed by atoms with E-state index in [9.17, 15) is 0 Å². The fraction of sp³-hybridized carbons (Fsp3) is 1.00. The molecule has 0 heterocycles. The van der Waals surface area contributed by atoms with Gasteiger partial charge in [-0.15, -0.1) is 0 Å². The summed E-state index contributed by atoms with van der Waals surface area (Å²) in [4.78, 5) is 2.48.